The molecule has 0 radical (unpaired) electrons. The molecule has 0 aliphatic rings. The van der Waals surface area contributed by atoms with Crippen LogP contribution >= 0.6 is 11.8 Å². The largest absolute Gasteiger partial charge is 0.435 e. The van der Waals surface area contributed by atoms with E-state index in [-0.39, 0.29) is 0 Å². The first-order valence-electron chi connectivity index (χ1n) is 8.47. The number of aromatic nitrogens is 6. The first-order valence-corrected chi connectivity index (χ1v) is 9.28. The Morgan fingerprint density at radius 3 is 2.24 bits per heavy atom. The van der Waals surface area contributed by atoms with E-state index in [1.54, 1.807) is 12.4 Å². The van der Waals surface area contributed by atoms with Crippen molar-refractivity contribution in [2.24, 2.45) is 0 Å². The van der Waals surface area contributed by atoms with E-state index in [1.165, 1.54) is 6.07 Å². The van der Waals surface area contributed by atoms with Gasteiger partial charge in [0.15, 0.2) is 16.7 Å². The summed E-state index contributed by atoms with van der Waals surface area (Å²) in [4.78, 5) is 4.01. The fraction of sp³-hybridized carbons (Fsp3) is 0.105. The number of rotatable bonds is 5. The number of hydrogen-bond acceptors (Lipinski definition) is 6. The van der Waals surface area contributed by atoms with Crippen molar-refractivity contribution < 1.29 is 13.2 Å². The highest BCUT2D eigenvalue weighted by atomic mass is 32.2. The second-order valence-corrected chi connectivity index (χ2v) is 6.96. The molecule has 0 aliphatic carbocycles. The van der Waals surface area contributed by atoms with Crippen molar-refractivity contribution in [2.75, 3.05) is 0 Å². The highest BCUT2D eigenvalue weighted by Gasteiger charge is 2.33. The SMILES string of the molecule is FC(F)(F)c1ccc(Sc2nnc(-c3ccncc3)n2Cc2ccccc2)nn1. The van der Waals surface area contributed by atoms with Crippen molar-refractivity contribution >= 4 is 11.8 Å². The molecule has 0 fully saturated rings. The smallest absolute Gasteiger partial charge is 0.297 e. The predicted octanol–water partition coefficient (Wildman–Crippen LogP) is 4.35. The highest BCUT2D eigenvalue weighted by molar-refractivity contribution is 7.99. The highest BCUT2D eigenvalue weighted by Crippen LogP contribution is 2.31. The van der Waals surface area contributed by atoms with Crippen LogP contribution < -0.4 is 0 Å². The van der Waals surface area contributed by atoms with Crippen LogP contribution in [0.2, 0.25) is 0 Å². The van der Waals surface area contributed by atoms with E-state index >= 15 is 0 Å². The Balaban J connectivity index is 1.68. The fourth-order valence-corrected chi connectivity index (χ4v) is 3.35. The second-order valence-electron chi connectivity index (χ2n) is 5.97. The van der Waals surface area contributed by atoms with Crippen LogP contribution in [-0.4, -0.2) is 29.9 Å². The molecule has 29 heavy (non-hydrogen) atoms. The quantitative estimate of drug-likeness (QED) is 0.484. The molecule has 0 saturated heterocycles. The van der Waals surface area contributed by atoms with Gasteiger partial charge < -0.3 is 0 Å². The summed E-state index contributed by atoms with van der Waals surface area (Å²) < 4.78 is 40.0. The molecular weight excluding hydrogens is 401 g/mol. The lowest BCUT2D eigenvalue weighted by molar-refractivity contribution is -0.141. The van der Waals surface area contributed by atoms with Gasteiger partial charge in [0.1, 0.15) is 5.03 Å². The monoisotopic (exact) mass is 414 g/mol. The minimum Gasteiger partial charge on any atom is -0.297 e. The molecule has 0 unspecified atom stereocenters. The average molecular weight is 414 g/mol. The molecule has 0 amide bonds. The average Bonchev–Trinajstić information content (AvgIpc) is 3.11. The third kappa shape index (κ3) is 4.43. The lowest BCUT2D eigenvalue weighted by Gasteiger charge is -2.10. The fourth-order valence-electron chi connectivity index (χ4n) is 2.61. The zero-order chi connectivity index (χ0) is 20.3. The summed E-state index contributed by atoms with van der Waals surface area (Å²) in [5, 5.41) is 16.2. The summed E-state index contributed by atoms with van der Waals surface area (Å²) in [6.07, 6.45) is -1.21. The normalized spacial score (nSPS) is 11.6. The summed E-state index contributed by atoms with van der Waals surface area (Å²) in [5.41, 5.74) is 0.821. The van der Waals surface area contributed by atoms with Gasteiger partial charge in [0.2, 0.25) is 0 Å². The molecule has 146 valence electrons. The molecular formula is C19H13F3N6S. The van der Waals surface area contributed by atoms with Crippen LogP contribution in [-0.2, 0) is 12.7 Å². The van der Waals surface area contributed by atoms with Crippen LogP contribution in [0.3, 0.4) is 0 Å². The van der Waals surface area contributed by atoms with Gasteiger partial charge in [-0.15, -0.1) is 20.4 Å². The van der Waals surface area contributed by atoms with Gasteiger partial charge in [-0.1, -0.05) is 30.3 Å². The zero-order valence-electron chi connectivity index (χ0n) is 14.8. The summed E-state index contributed by atoms with van der Waals surface area (Å²) in [5.74, 6) is 0.624. The van der Waals surface area contributed by atoms with Crippen molar-refractivity contribution in [3.63, 3.8) is 0 Å². The van der Waals surface area contributed by atoms with Gasteiger partial charge in [-0.05, 0) is 41.6 Å². The summed E-state index contributed by atoms with van der Waals surface area (Å²) in [6.45, 7) is 0.488. The molecule has 0 saturated carbocycles. The summed E-state index contributed by atoms with van der Waals surface area (Å²) >= 11 is 1.10. The lowest BCUT2D eigenvalue weighted by Crippen LogP contribution is -2.09. The maximum atomic E-state index is 12.7. The van der Waals surface area contributed by atoms with Crippen LogP contribution in [0, 0.1) is 0 Å². The molecule has 0 spiro atoms. The lowest BCUT2D eigenvalue weighted by atomic mass is 10.2. The molecule has 10 heteroatoms. The third-order valence-electron chi connectivity index (χ3n) is 3.97. The molecule has 3 heterocycles. The molecule has 0 atom stereocenters. The van der Waals surface area contributed by atoms with E-state index in [9.17, 15) is 13.2 Å². The molecule has 4 rings (SSSR count). The Morgan fingerprint density at radius 2 is 1.59 bits per heavy atom. The topological polar surface area (TPSA) is 69.4 Å². The zero-order valence-corrected chi connectivity index (χ0v) is 15.6. The summed E-state index contributed by atoms with van der Waals surface area (Å²) in [6, 6.07) is 15.5. The molecule has 4 aromatic rings. The predicted molar refractivity (Wildman–Crippen MR) is 100.0 cm³/mol. The Morgan fingerprint density at radius 1 is 0.828 bits per heavy atom. The number of halogens is 3. The third-order valence-corrected chi connectivity index (χ3v) is 4.88. The van der Waals surface area contributed by atoms with Crippen LogP contribution in [0.5, 0.6) is 0 Å². The number of nitrogens with zero attached hydrogens (tertiary/aromatic N) is 6. The van der Waals surface area contributed by atoms with Gasteiger partial charge in [-0.3, -0.25) is 9.55 Å². The van der Waals surface area contributed by atoms with Crippen LogP contribution in [0.4, 0.5) is 13.2 Å². The second kappa shape index (κ2) is 8.00. The summed E-state index contributed by atoms with van der Waals surface area (Å²) in [7, 11) is 0. The molecule has 3 aromatic heterocycles. The standard InChI is InChI=1S/C19H13F3N6S/c20-19(21,22)15-6-7-16(25-24-15)29-18-27-26-17(14-8-10-23-11-9-14)28(18)12-13-4-2-1-3-5-13/h1-11H,12H2. The van der Waals surface area contributed by atoms with Crippen LogP contribution in [0.15, 0.2) is 77.2 Å². The molecule has 0 aliphatic heterocycles. The molecule has 1 aromatic carbocycles. The number of benzene rings is 1. The van der Waals surface area contributed by atoms with Gasteiger partial charge >= 0.3 is 6.18 Å². The van der Waals surface area contributed by atoms with Crippen LogP contribution in [0.25, 0.3) is 11.4 Å². The van der Waals surface area contributed by atoms with E-state index in [4.69, 9.17) is 0 Å². The molecule has 0 N–H and O–H groups in total. The van der Waals surface area contributed by atoms with Gasteiger partial charge in [-0.25, -0.2) is 0 Å². The van der Waals surface area contributed by atoms with E-state index < -0.39 is 11.9 Å². The molecule has 6 nitrogen and oxygen atoms in total. The number of alkyl halides is 3. The Hall–Kier alpha value is -3.27. The van der Waals surface area contributed by atoms with Gasteiger partial charge in [-0.2, -0.15) is 13.2 Å². The number of hydrogen-bond donors (Lipinski definition) is 0. The number of pyridine rings is 1. The van der Waals surface area contributed by atoms with Gasteiger partial charge in [0.05, 0.1) is 6.54 Å². The van der Waals surface area contributed by atoms with Crippen molar-refractivity contribution in [1.82, 2.24) is 29.9 Å². The van der Waals surface area contributed by atoms with E-state index in [0.29, 0.717) is 22.6 Å². The van der Waals surface area contributed by atoms with Crippen LogP contribution in [0.1, 0.15) is 11.3 Å². The van der Waals surface area contributed by atoms with E-state index in [2.05, 4.69) is 25.4 Å². The Labute approximate surface area is 167 Å². The molecule has 0 bridgehead atoms. The minimum atomic E-state index is -4.53. The van der Waals surface area contributed by atoms with Crippen molar-refractivity contribution in [2.45, 2.75) is 22.9 Å². The minimum absolute atomic E-state index is 0.293. The Bertz CT molecular complexity index is 1080. The Kier molecular flexibility index (Phi) is 5.26. The van der Waals surface area contributed by atoms with Gasteiger partial charge in [0.25, 0.3) is 0 Å². The first kappa shape index (κ1) is 19.1. The first-order chi connectivity index (χ1) is 14.0. The van der Waals surface area contributed by atoms with Crippen molar-refractivity contribution in [3.05, 3.63) is 78.2 Å². The van der Waals surface area contributed by atoms with E-state index in [0.717, 1.165) is 29.0 Å². The van der Waals surface area contributed by atoms with E-state index in [1.807, 2.05) is 47.0 Å². The van der Waals surface area contributed by atoms with Gasteiger partial charge in [0, 0.05) is 18.0 Å². The van der Waals surface area contributed by atoms with Crippen molar-refractivity contribution in [3.8, 4) is 11.4 Å². The maximum absolute atomic E-state index is 12.7. The van der Waals surface area contributed by atoms with Crippen molar-refractivity contribution in [1.29, 1.82) is 0 Å². The maximum Gasteiger partial charge on any atom is 0.435 e.